The zero-order chi connectivity index (χ0) is 18.9. The molecule has 0 bridgehead atoms. The molecule has 0 radical (unpaired) electrons. The highest BCUT2D eigenvalue weighted by Crippen LogP contribution is 2.27. The molecule has 4 nitrogen and oxygen atoms in total. The van der Waals surface area contributed by atoms with Gasteiger partial charge in [0.2, 0.25) is 9.84 Å². The smallest absolute Gasteiger partial charge is 0.219 e. The number of rotatable bonds is 4. The Morgan fingerprint density at radius 2 is 0.885 bits per heavy atom. The van der Waals surface area contributed by atoms with E-state index >= 15 is 0 Å². The predicted octanol–water partition coefficient (Wildman–Crippen LogP) is 4.77. The molecule has 0 aliphatic heterocycles. The third-order valence-corrected chi connectivity index (χ3v) is 7.17. The number of benzene rings is 3. The summed E-state index contributed by atoms with van der Waals surface area (Å²) in [4.78, 5) is 0.319. The third kappa shape index (κ3) is 3.94. The fraction of sp³-hybridized carbons (Fsp3) is 0. The minimum absolute atomic E-state index is 0.00449. The van der Waals surface area contributed by atoms with Crippen LogP contribution in [0.5, 0.6) is 0 Å². The molecular weight excluding hydrogens is 415 g/mol. The van der Waals surface area contributed by atoms with Crippen LogP contribution >= 0.6 is 22.3 Å². The SMILES string of the molecule is O=S(=O)(Cl)c1ccc(-c2ccc(S(=O)(=O)c3ccc(Cl)cc3)cc2)cc1. The highest BCUT2D eigenvalue weighted by Gasteiger charge is 2.17. The van der Waals surface area contributed by atoms with E-state index in [0.29, 0.717) is 5.02 Å². The van der Waals surface area contributed by atoms with Crippen molar-refractivity contribution in [3.8, 4) is 11.1 Å². The number of hydrogen-bond acceptors (Lipinski definition) is 4. The number of sulfone groups is 1. The monoisotopic (exact) mass is 426 g/mol. The second kappa shape index (κ2) is 7.04. The molecule has 0 amide bonds. The van der Waals surface area contributed by atoms with Gasteiger partial charge in [0.05, 0.1) is 14.7 Å². The Morgan fingerprint density at radius 1 is 0.538 bits per heavy atom. The molecule has 0 fully saturated rings. The normalized spacial score (nSPS) is 12.1. The van der Waals surface area contributed by atoms with Gasteiger partial charge in [0.1, 0.15) is 0 Å². The first kappa shape index (κ1) is 18.9. The molecule has 3 rings (SSSR count). The molecule has 8 heteroatoms. The highest BCUT2D eigenvalue weighted by molar-refractivity contribution is 8.13. The van der Waals surface area contributed by atoms with Crippen molar-refractivity contribution in [1.29, 1.82) is 0 Å². The van der Waals surface area contributed by atoms with Gasteiger partial charge in [-0.25, -0.2) is 16.8 Å². The van der Waals surface area contributed by atoms with Crippen LogP contribution in [0.15, 0.2) is 87.5 Å². The van der Waals surface area contributed by atoms with Crippen LogP contribution in [0.2, 0.25) is 5.02 Å². The maximum Gasteiger partial charge on any atom is 0.261 e. The Labute approximate surface area is 161 Å². The zero-order valence-corrected chi connectivity index (χ0v) is 16.3. The molecule has 0 aliphatic rings. The van der Waals surface area contributed by atoms with E-state index < -0.39 is 18.9 Å². The van der Waals surface area contributed by atoms with Gasteiger partial charge >= 0.3 is 0 Å². The lowest BCUT2D eigenvalue weighted by Gasteiger charge is -2.07. The summed E-state index contributed by atoms with van der Waals surface area (Å²) in [7, 11) is -2.12. The van der Waals surface area contributed by atoms with Gasteiger partial charge < -0.3 is 0 Å². The van der Waals surface area contributed by atoms with Crippen LogP contribution in [-0.2, 0) is 18.9 Å². The summed E-state index contributed by atoms with van der Waals surface area (Å²) in [5, 5.41) is 0.460. The first-order chi connectivity index (χ1) is 12.2. The molecule has 0 spiro atoms. The molecule has 0 heterocycles. The van der Waals surface area contributed by atoms with Gasteiger partial charge in [-0.15, -0.1) is 0 Å². The number of hydrogen-bond donors (Lipinski definition) is 0. The lowest BCUT2D eigenvalue weighted by atomic mass is 10.1. The van der Waals surface area contributed by atoms with Crippen LogP contribution in [-0.4, -0.2) is 16.8 Å². The van der Waals surface area contributed by atoms with Crippen molar-refractivity contribution >= 4 is 41.2 Å². The van der Waals surface area contributed by atoms with Crippen LogP contribution in [0.4, 0.5) is 0 Å². The average molecular weight is 427 g/mol. The summed E-state index contributed by atoms with van der Waals surface area (Å²) in [5.74, 6) is 0. The summed E-state index contributed by atoms with van der Waals surface area (Å²) < 4.78 is 47.8. The van der Waals surface area contributed by atoms with Gasteiger partial charge in [0, 0.05) is 15.7 Å². The van der Waals surface area contributed by atoms with Crippen LogP contribution in [0.3, 0.4) is 0 Å². The van der Waals surface area contributed by atoms with E-state index in [1.165, 1.54) is 48.5 Å². The van der Waals surface area contributed by atoms with Crippen LogP contribution < -0.4 is 0 Å². The Morgan fingerprint density at radius 3 is 1.27 bits per heavy atom. The molecule has 0 unspecified atom stereocenters. The van der Waals surface area contributed by atoms with Crippen LogP contribution in [0.25, 0.3) is 11.1 Å². The second-order valence-electron chi connectivity index (χ2n) is 5.44. The minimum atomic E-state index is -3.78. The fourth-order valence-corrected chi connectivity index (χ4v) is 4.54. The summed E-state index contributed by atoms with van der Waals surface area (Å²) in [5.41, 5.74) is 1.49. The average Bonchev–Trinajstić information content (AvgIpc) is 2.62. The van der Waals surface area contributed by atoms with E-state index in [9.17, 15) is 16.8 Å². The Balaban J connectivity index is 1.92. The van der Waals surface area contributed by atoms with E-state index in [1.807, 2.05) is 0 Å². The highest BCUT2D eigenvalue weighted by atomic mass is 35.7. The van der Waals surface area contributed by atoms with Crippen molar-refractivity contribution < 1.29 is 16.8 Å². The third-order valence-electron chi connectivity index (χ3n) is 3.76. The van der Waals surface area contributed by atoms with Crippen LogP contribution in [0.1, 0.15) is 0 Å². The largest absolute Gasteiger partial charge is 0.261 e. The van der Waals surface area contributed by atoms with Gasteiger partial charge in [-0.05, 0) is 59.7 Å². The Hall–Kier alpha value is -1.86. The molecule has 3 aromatic carbocycles. The summed E-state index contributed by atoms with van der Waals surface area (Å²) in [6.45, 7) is 0. The van der Waals surface area contributed by atoms with E-state index in [2.05, 4.69) is 0 Å². The van der Waals surface area contributed by atoms with E-state index in [4.69, 9.17) is 22.3 Å². The Kier molecular flexibility index (Phi) is 5.12. The maximum atomic E-state index is 12.6. The van der Waals surface area contributed by atoms with Crippen molar-refractivity contribution in [2.75, 3.05) is 0 Å². The molecule has 0 atom stereocenters. The standard InChI is InChI=1S/C18H12Cl2O4S2/c19-15-5-11-17(12-6-15)25(21,22)16-7-1-13(2-8-16)14-3-9-18(10-4-14)26(20,23)24/h1-12H. The van der Waals surface area contributed by atoms with Gasteiger partial charge in [-0.2, -0.15) is 0 Å². The van der Waals surface area contributed by atoms with Crippen molar-refractivity contribution in [1.82, 2.24) is 0 Å². The molecule has 3 aromatic rings. The molecule has 0 N–H and O–H groups in total. The lowest BCUT2D eigenvalue weighted by molar-refractivity contribution is 0.596. The van der Waals surface area contributed by atoms with Crippen molar-refractivity contribution in [3.63, 3.8) is 0 Å². The molecule has 0 aromatic heterocycles. The molecule has 134 valence electrons. The van der Waals surface area contributed by atoms with Crippen molar-refractivity contribution in [2.24, 2.45) is 0 Å². The van der Waals surface area contributed by atoms with Gasteiger partial charge in [-0.1, -0.05) is 35.9 Å². The molecule has 26 heavy (non-hydrogen) atoms. The molecule has 0 aliphatic carbocycles. The van der Waals surface area contributed by atoms with E-state index in [-0.39, 0.29) is 14.7 Å². The first-order valence-corrected chi connectivity index (χ1v) is 11.5. The fourth-order valence-electron chi connectivity index (χ4n) is 2.39. The van der Waals surface area contributed by atoms with Crippen molar-refractivity contribution in [3.05, 3.63) is 77.8 Å². The molecule has 0 saturated carbocycles. The molecular formula is C18H12Cl2O4S2. The quantitative estimate of drug-likeness (QED) is 0.563. The first-order valence-electron chi connectivity index (χ1n) is 7.34. The lowest BCUT2D eigenvalue weighted by Crippen LogP contribution is -2.01. The topological polar surface area (TPSA) is 68.3 Å². The number of halogens is 2. The summed E-state index contributed by atoms with van der Waals surface area (Å²) >= 11 is 5.79. The second-order valence-corrected chi connectivity index (χ2v) is 10.4. The van der Waals surface area contributed by atoms with Gasteiger partial charge in [0.25, 0.3) is 9.05 Å². The van der Waals surface area contributed by atoms with Gasteiger partial charge in [0.15, 0.2) is 0 Å². The van der Waals surface area contributed by atoms with Gasteiger partial charge in [-0.3, -0.25) is 0 Å². The van der Waals surface area contributed by atoms with Crippen LogP contribution in [0, 0.1) is 0 Å². The van der Waals surface area contributed by atoms with Crippen molar-refractivity contribution in [2.45, 2.75) is 14.7 Å². The molecule has 0 saturated heterocycles. The maximum absolute atomic E-state index is 12.6. The summed E-state index contributed by atoms with van der Waals surface area (Å²) in [6, 6.07) is 18.3. The Bertz CT molecular complexity index is 1140. The van der Waals surface area contributed by atoms with E-state index in [1.54, 1.807) is 24.3 Å². The van der Waals surface area contributed by atoms with E-state index in [0.717, 1.165) is 11.1 Å². The zero-order valence-electron chi connectivity index (χ0n) is 13.1. The predicted molar refractivity (Wildman–Crippen MR) is 102 cm³/mol. The summed E-state index contributed by atoms with van der Waals surface area (Å²) in [6.07, 6.45) is 0. The minimum Gasteiger partial charge on any atom is -0.219 e.